The van der Waals surface area contributed by atoms with Crippen LogP contribution in [0.1, 0.15) is 24.4 Å². The minimum absolute atomic E-state index is 0.175. The van der Waals surface area contributed by atoms with Crippen molar-refractivity contribution in [2.75, 3.05) is 0 Å². The summed E-state index contributed by atoms with van der Waals surface area (Å²) in [6, 6.07) is 8.33. The molecule has 5 nitrogen and oxygen atoms in total. The number of nitriles is 1. The van der Waals surface area contributed by atoms with E-state index in [4.69, 9.17) is 5.26 Å². The van der Waals surface area contributed by atoms with Crippen LogP contribution in [0.25, 0.3) is 0 Å². The van der Waals surface area contributed by atoms with E-state index in [0.29, 0.717) is 5.01 Å². The Morgan fingerprint density at radius 2 is 2.00 bits per heavy atom. The zero-order valence-corrected chi connectivity index (χ0v) is 13.3. The molecule has 0 atom stereocenters. The van der Waals surface area contributed by atoms with Gasteiger partial charge in [0.15, 0.2) is 0 Å². The molecule has 0 saturated carbocycles. The molecule has 0 amide bonds. The molecule has 1 aromatic heterocycles. The zero-order valence-electron chi connectivity index (χ0n) is 11.7. The first-order valence-electron chi connectivity index (χ1n) is 6.25. The van der Waals surface area contributed by atoms with Gasteiger partial charge < -0.3 is 0 Å². The van der Waals surface area contributed by atoms with Crippen LogP contribution in [-0.4, -0.2) is 13.4 Å². The third kappa shape index (κ3) is 3.67. The van der Waals surface area contributed by atoms with Crippen LogP contribution in [-0.2, 0) is 22.0 Å². The third-order valence-electron chi connectivity index (χ3n) is 2.87. The monoisotopic (exact) mass is 321 g/mol. The average Bonchev–Trinajstić information content (AvgIpc) is 2.93. The summed E-state index contributed by atoms with van der Waals surface area (Å²) in [5.41, 5.74) is 0.00818. The quantitative estimate of drug-likeness (QED) is 0.917. The molecule has 0 spiro atoms. The first-order chi connectivity index (χ1) is 9.85. The van der Waals surface area contributed by atoms with Crippen LogP contribution >= 0.6 is 11.3 Å². The lowest BCUT2D eigenvalue weighted by Crippen LogP contribution is -2.40. The van der Waals surface area contributed by atoms with Crippen molar-refractivity contribution < 1.29 is 8.42 Å². The summed E-state index contributed by atoms with van der Waals surface area (Å²) in [5, 5.41) is 11.1. The van der Waals surface area contributed by atoms with E-state index in [1.165, 1.54) is 23.5 Å². The van der Waals surface area contributed by atoms with Crippen molar-refractivity contribution >= 4 is 21.4 Å². The van der Waals surface area contributed by atoms with Gasteiger partial charge in [0.2, 0.25) is 10.0 Å². The molecule has 0 saturated heterocycles. The fourth-order valence-electron chi connectivity index (χ4n) is 1.85. The van der Waals surface area contributed by atoms with Gasteiger partial charge in [0.25, 0.3) is 0 Å². The Bertz CT molecular complexity index is 743. The molecule has 21 heavy (non-hydrogen) atoms. The summed E-state index contributed by atoms with van der Waals surface area (Å²) in [5.74, 6) is 0. The fourth-order valence-corrected chi connectivity index (χ4v) is 4.01. The number of nitrogens with zero attached hydrogens (tertiary/aromatic N) is 2. The van der Waals surface area contributed by atoms with Gasteiger partial charge >= 0.3 is 0 Å². The van der Waals surface area contributed by atoms with Gasteiger partial charge in [0.1, 0.15) is 5.01 Å². The second-order valence-electron chi connectivity index (χ2n) is 5.05. The van der Waals surface area contributed by atoms with Crippen LogP contribution in [0, 0.1) is 11.3 Å². The normalized spacial score (nSPS) is 12.0. The van der Waals surface area contributed by atoms with Crippen LogP contribution in [0.4, 0.5) is 0 Å². The number of rotatable bonds is 5. The van der Waals surface area contributed by atoms with Crippen molar-refractivity contribution in [2.45, 2.75) is 30.7 Å². The highest BCUT2D eigenvalue weighted by Gasteiger charge is 2.29. The SMILES string of the molecule is CC(C)(NS(=O)(=O)c1ccc(CC#N)cc1)c1nccs1. The fraction of sp³-hybridized carbons (Fsp3) is 0.286. The summed E-state index contributed by atoms with van der Waals surface area (Å²) >= 11 is 1.40. The Hall–Kier alpha value is -1.75. The molecule has 110 valence electrons. The molecule has 0 aliphatic heterocycles. The standard InChI is InChI=1S/C14H15N3O2S2/c1-14(2,13-16-9-10-20-13)17-21(18,19)12-5-3-11(4-6-12)7-8-15/h3-6,9-10,17H,7H2,1-2H3. The lowest BCUT2D eigenvalue weighted by atomic mass is 10.1. The number of sulfonamides is 1. The highest BCUT2D eigenvalue weighted by atomic mass is 32.2. The first kappa shape index (κ1) is 15.6. The summed E-state index contributed by atoms with van der Waals surface area (Å²) in [4.78, 5) is 4.33. The van der Waals surface area contributed by atoms with Crippen molar-refractivity contribution in [1.29, 1.82) is 5.26 Å². The molecular weight excluding hydrogens is 306 g/mol. The first-order valence-corrected chi connectivity index (χ1v) is 8.61. The number of benzene rings is 1. The van der Waals surface area contributed by atoms with Gasteiger partial charge in [-0.2, -0.15) is 9.98 Å². The van der Waals surface area contributed by atoms with Gasteiger partial charge in [-0.1, -0.05) is 12.1 Å². The van der Waals surface area contributed by atoms with Crippen molar-refractivity contribution in [3.05, 3.63) is 46.4 Å². The van der Waals surface area contributed by atoms with Crippen LogP contribution in [0.5, 0.6) is 0 Å². The smallest absolute Gasteiger partial charge is 0.241 e. The number of hydrogen-bond donors (Lipinski definition) is 1. The second kappa shape index (κ2) is 5.93. The van der Waals surface area contributed by atoms with E-state index in [1.807, 2.05) is 11.4 Å². The minimum atomic E-state index is -3.64. The van der Waals surface area contributed by atoms with E-state index in [1.54, 1.807) is 32.2 Å². The third-order valence-corrected chi connectivity index (χ3v) is 5.64. The molecule has 2 rings (SSSR count). The molecule has 0 aliphatic rings. The van der Waals surface area contributed by atoms with Gasteiger partial charge in [-0.05, 0) is 31.5 Å². The minimum Gasteiger partial charge on any atom is -0.248 e. The van der Waals surface area contributed by atoms with E-state index in [2.05, 4.69) is 9.71 Å². The molecule has 1 heterocycles. The number of hydrogen-bond acceptors (Lipinski definition) is 5. The molecule has 2 aromatic rings. The maximum absolute atomic E-state index is 12.4. The maximum atomic E-state index is 12.4. The van der Waals surface area contributed by atoms with Crippen LogP contribution < -0.4 is 4.72 Å². The van der Waals surface area contributed by atoms with Gasteiger partial charge in [-0.25, -0.2) is 13.4 Å². The van der Waals surface area contributed by atoms with Crippen LogP contribution in [0.3, 0.4) is 0 Å². The Labute approximate surface area is 128 Å². The number of nitrogens with one attached hydrogen (secondary N) is 1. The molecule has 0 unspecified atom stereocenters. The Morgan fingerprint density at radius 1 is 1.33 bits per heavy atom. The van der Waals surface area contributed by atoms with Gasteiger partial charge in [-0.3, -0.25) is 0 Å². The molecule has 1 aromatic carbocycles. The summed E-state index contributed by atoms with van der Waals surface area (Å²) in [7, 11) is -3.64. The molecule has 0 bridgehead atoms. The lowest BCUT2D eigenvalue weighted by Gasteiger charge is -2.23. The molecule has 0 fully saturated rings. The van der Waals surface area contributed by atoms with Gasteiger partial charge in [0.05, 0.1) is 22.9 Å². The molecular formula is C14H15N3O2S2. The largest absolute Gasteiger partial charge is 0.248 e. The highest BCUT2D eigenvalue weighted by molar-refractivity contribution is 7.89. The van der Waals surface area contributed by atoms with Gasteiger partial charge in [-0.15, -0.1) is 11.3 Å². The van der Waals surface area contributed by atoms with Crippen molar-refractivity contribution in [3.63, 3.8) is 0 Å². The van der Waals surface area contributed by atoms with E-state index in [-0.39, 0.29) is 11.3 Å². The Kier molecular flexibility index (Phi) is 4.42. The number of aromatic nitrogens is 1. The molecule has 7 heteroatoms. The maximum Gasteiger partial charge on any atom is 0.241 e. The Balaban J connectivity index is 2.24. The van der Waals surface area contributed by atoms with E-state index >= 15 is 0 Å². The van der Waals surface area contributed by atoms with Crippen LogP contribution in [0.15, 0.2) is 40.7 Å². The van der Waals surface area contributed by atoms with Crippen molar-refractivity contribution in [2.24, 2.45) is 0 Å². The number of thiazole rings is 1. The summed E-state index contributed by atoms with van der Waals surface area (Å²) in [6.45, 7) is 3.54. The lowest BCUT2D eigenvalue weighted by molar-refractivity contribution is 0.470. The Morgan fingerprint density at radius 3 is 2.52 bits per heavy atom. The van der Waals surface area contributed by atoms with Crippen LogP contribution in [0.2, 0.25) is 0 Å². The van der Waals surface area contributed by atoms with Crippen molar-refractivity contribution in [3.8, 4) is 6.07 Å². The van der Waals surface area contributed by atoms with E-state index in [9.17, 15) is 8.42 Å². The molecule has 1 N–H and O–H groups in total. The topological polar surface area (TPSA) is 82.9 Å². The van der Waals surface area contributed by atoms with Gasteiger partial charge in [0, 0.05) is 11.6 Å². The van der Waals surface area contributed by atoms with Crippen molar-refractivity contribution in [1.82, 2.24) is 9.71 Å². The highest BCUT2D eigenvalue weighted by Crippen LogP contribution is 2.24. The van der Waals surface area contributed by atoms with E-state index in [0.717, 1.165) is 5.56 Å². The predicted molar refractivity (Wildman–Crippen MR) is 81.2 cm³/mol. The second-order valence-corrected chi connectivity index (χ2v) is 7.62. The summed E-state index contributed by atoms with van der Waals surface area (Å²) < 4.78 is 27.5. The average molecular weight is 321 g/mol. The summed E-state index contributed by atoms with van der Waals surface area (Å²) in [6.07, 6.45) is 1.91. The predicted octanol–water partition coefficient (Wildman–Crippen LogP) is 2.42. The molecule has 0 radical (unpaired) electrons. The van der Waals surface area contributed by atoms with E-state index < -0.39 is 15.6 Å². The molecule has 0 aliphatic carbocycles. The zero-order chi connectivity index (χ0) is 15.5.